The minimum absolute atomic E-state index is 0.319. The molecule has 3 rings (SSSR count). The summed E-state index contributed by atoms with van der Waals surface area (Å²) >= 11 is 0. The summed E-state index contributed by atoms with van der Waals surface area (Å²) in [4.78, 5) is 4.55. The Bertz CT molecular complexity index is 340. The maximum absolute atomic E-state index is 5.39. The molecule has 2 aliphatic rings. The highest BCUT2D eigenvalue weighted by molar-refractivity contribution is 5.01. The maximum Gasteiger partial charge on any atom is 0.229 e. The van der Waals surface area contributed by atoms with Gasteiger partial charge in [0, 0.05) is 5.92 Å². The molecular weight excluding hydrogens is 204 g/mol. The lowest BCUT2D eigenvalue weighted by atomic mass is 9.98. The van der Waals surface area contributed by atoms with E-state index in [9.17, 15) is 0 Å². The first kappa shape index (κ1) is 10.2. The number of nitrogens with zero attached hydrogens (tertiary/aromatic N) is 2. The number of rotatable bonds is 2. The van der Waals surface area contributed by atoms with Crippen LogP contribution in [0.4, 0.5) is 0 Å². The van der Waals surface area contributed by atoms with Crippen LogP contribution >= 0.6 is 0 Å². The van der Waals surface area contributed by atoms with Gasteiger partial charge >= 0.3 is 0 Å². The Kier molecular flexibility index (Phi) is 2.88. The molecule has 0 saturated carbocycles. The fourth-order valence-corrected chi connectivity index (χ4v) is 2.53. The molecule has 2 saturated heterocycles. The van der Waals surface area contributed by atoms with E-state index in [0.29, 0.717) is 12.0 Å². The zero-order valence-corrected chi connectivity index (χ0v) is 9.41. The molecule has 0 radical (unpaired) electrons. The Morgan fingerprint density at radius 1 is 1.12 bits per heavy atom. The molecule has 16 heavy (non-hydrogen) atoms. The van der Waals surface area contributed by atoms with Crippen molar-refractivity contribution in [3.8, 4) is 0 Å². The molecule has 0 amide bonds. The maximum atomic E-state index is 5.39. The fourth-order valence-electron chi connectivity index (χ4n) is 2.53. The molecule has 2 N–H and O–H groups in total. The van der Waals surface area contributed by atoms with Gasteiger partial charge < -0.3 is 15.2 Å². The molecule has 0 spiro atoms. The second-order valence-corrected chi connectivity index (χ2v) is 4.66. The molecular formula is C11H18N4O. The van der Waals surface area contributed by atoms with Crippen molar-refractivity contribution >= 4 is 0 Å². The Balaban J connectivity index is 1.71. The summed E-state index contributed by atoms with van der Waals surface area (Å²) in [5.41, 5.74) is 0. The van der Waals surface area contributed by atoms with E-state index in [1.165, 1.54) is 6.42 Å². The van der Waals surface area contributed by atoms with Crippen molar-refractivity contribution in [2.45, 2.75) is 37.6 Å². The van der Waals surface area contributed by atoms with Crippen LogP contribution in [-0.2, 0) is 0 Å². The summed E-state index contributed by atoms with van der Waals surface area (Å²) in [6.07, 6.45) is 4.56. The molecule has 1 unspecified atom stereocenters. The second-order valence-electron chi connectivity index (χ2n) is 4.66. The standard InChI is InChI=1S/C11H18N4O/c1-2-9(13-5-1)10-14-11(16-15-10)8-3-6-12-7-4-8/h8-9,12-13H,1-7H2. The van der Waals surface area contributed by atoms with Crippen LogP contribution in [0.1, 0.15) is 49.4 Å². The largest absolute Gasteiger partial charge is 0.339 e. The fraction of sp³-hybridized carbons (Fsp3) is 0.818. The van der Waals surface area contributed by atoms with Gasteiger partial charge in [-0.3, -0.25) is 0 Å². The molecule has 3 heterocycles. The predicted octanol–water partition coefficient (Wildman–Crippen LogP) is 0.961. The molecule has 5 nitrogen and oxygen atoms in total. The van der Waals surface area contributed by atoms with Crippen LogP contribution in [-0.4, -0.2) is 29.8 Å². The number of hydrogen-bond acceptors (Lipinski definition) is 5. The average Bonchev–Trinajstić information content (AvgIpc) is 3.01. The van der Waals surface area contributed by atoms with E-state index in [0.717, 1.165) is 50.6 Å². The smallest absolute Gasteiger partial charge is 0.229 e. The van der Waals surface area contributed by atoms with Gasteiger partial charge in [0.25, 0.3) is 0 Å². The van der Waals surface area contributed by atoms with Gasteiger partial charge in [-0.25, -0.2) is 0 Å². The van der Waals surface area contributed by atoms with Gasteiger partial charge in [-0.2, -0.15) is 4.98 Å². The summed E-state index contributed by atoms with van der Waals surface area (Å²) in [6.45, 7) is 3.19. The van der Waals surface area contributed by atoms with Gasteiger partial charge in [0.2, 0.25) is 5.89 Å². The van der Waals surface area contributed by atoms with Gasteiger partial charge in [0.05, 0.1) is 6.04 Å². The van der Waals surface area contributed by atoms with Crippen LogP contribution in [0.5, 0.6) is 0 Å². The van der Waals surface area contributed by atoms with Crippen LogP contribution < -0.4 is 10.6 Å². The average molecular weight is 222 g/mol. The number of aromatic nitrogens is 2. The first-order valence-corrected chi connectivity index (χ1v) is 6.21. The minimum Gasteiger partial charge on any atom is -0.339 e. The first-order valence-electron chi connectivity index (χ1n) is 6.21. The molecule has 1 aromatic rings. The van der Waals surface area contributed by atoms with E-state index < -0.39 is 0 Å². The Hall–Kier alpha value is -0.940. The molecule has 0 aromatic carbocycles. The van der Waals surface area contributed by atoms with Crippen molar-refractivity contribution in [2.75, 3.05) is 19.6 Å². The third-order valence-electron chi connectivity index (χ3n) is 3.52. The van der Waals surface area contributed by atoms with Crippen LogP contribution in [0.3, 0.4) is 0 Å². The molecule has 0 bridgehead atoms. The topological polar surface area (TPSA) is 63.0 Å². The summed E-state index contributed by atoms with van der Waals surface area (Å²) < 4.78 is 5.39. The second kappa shape index (κ2) is 4.51. The molecule has 2 aliphatic heterocycles. The van der Waals surface area contributed by atoms with Gasteiger partial charge in [-0.15, -0.1) is 0 Å². The van der Waals surface area contributed by atoms with Crippen molar-refractivity contribution in [1.82, 2.24) is 20.8 Å². The first-order chi connectivity index (χ1) is 7.93. The highest BCUT2D eigenvalue weighted by Gasteiger charge is 2.25. The molecule has 2 fully saturated rings. The molecule has 1 aromatic heterocycles. The Morgan fingerprint density at radius 2 is 2.00 bits per heavy atom. The lowest BCUT2D eigenvalue weighted by Gasteiger charge is -2.18. The number of hydrogen-bond donors (Lipinski definition) is 2. The van der Waals surface area contributed by atoms with E-state index >= 15 is 0 Å². The van der Waals surface area contributed by atoms with E-state index in [2.05, 4.69) is 20.8 Å². The summed E-state index contributed by atoms with van der Waals surface area (Å²) in [5.74, 6) is 2.15. The van der Waals surface area contributed by atoms with E-state index in [4.69, 9.17) is 4.52 Å². The van der Waals surface area contributed by atoms with Gasteiger partial charge in [0.1, 0.15) is 0 Å². The SMILES string of the molecule is C1CNC(c2noc(C3CCNCC3)n2)C1. The Labute approximate surface area is 95.0 Å². The van der Waals surface area contributed by atoms with Gasteiger partial charge in [-0.05, 0) is 45.3 Å². The van der Waals surface area contributed by atoms with E-state index in [-0.39, 0.29) is 0 Å². The molecule has 1 atom stereocenters. The van der Waals surface area contributed by atoms with Crippen molar-refractivity contribution in [3.05, 3.63) is 11.7 Å². The monoisotopic (exact) mass is 222 g/mol. The van der Waals surface area contributed by atoms with Crippen LogP contribution in [0.2, 0.25) is 0 Å². The quantitative estimate of drug-likeness (QED) is 0.780. The highest BCUT2D eigenvalue weighted by atomic mass is 16.5. The van der Waals surface area contributed by atoms with Crippen LogP contribution in [0.15, 0.2) is 4.52 Å². The van der Waals surface area contributed by atoms with Crippen LogP contribution in [0.25, 0.3) is 0 Å². The Morgan fingerprint density at radius 3 is 2.75 bits per heavy atom. The van der Waals surface area contributed by atoms with Crippen LogP contribution in [0, 0.1) is 0 Å². The van der Waals surface area contributed by atoms with Crippen molar-refractivity contribution in [2.24, 2.45) is 0 Å². The molecule has 88 valence electrons. The lowest BCUT2D eigenvalue weighted by Crippen LogP contribution is -2.26. The summed E-state index contributed by atoms with van der Waals surface area (Å²) in [6, 6.07) is 0.319. The number of piperidine rings is 1. The van der Waals surface area contributed by atoms with E-state index in [1.807, 2.05) is 0 Å². The molecule has 0 aliphatic carbocycles. The van der Waals surface area contributed by atoms with Crippen molar-refractivity contribution in [1.29, 1.82) is 0 Å². The summed E-state index contributed by atoms with van der Waals surface area (Å²) in [7, 11) is 0. The molecule has 5 heteroatoms. The zero-order valence-electron chi connectivity index (χ0n) is 9.41. The zero-order chi connectivity index (χ0) is 10.8. The minimum atomic E-state index is 0.319. The third kappa shape index (κ3) is 1.97. The van der Waals surface area contributed by atoms with Crippen molar-refractivity contribution in [3.63, 3.8) is 0 Å². The predicted molar refractivity (Wildman–Crippen MR) is 59.1 cm³/mol. The normalized spacial score (nSPS) is 27.4. The van der Waals surface area contributed by atoms with Crippen molar-refractivity contribution < 1.29 is 4.52 Å². The third-order valence-corrected chi connectivity index (χ3v) is 3.52. The van der Waals surface area contributed by atoms with E-state index in [1.54, 1.807) is 0 Å². The van der Waals surface area contributed by atoms with Gasteiger partial charge in [0.15, 0.2) is 5.82 Å². The highest BCUT2D eigenvalue weighted by Crippen LogP contribution is 2.26. The lowest BCUT2D eigenvalue weighted by molar-refractivity contribution is 0.316. The summed E-state index contributed by atoms with van der Waals surface area (Å²) in [5, 5.41) is 10.8. The number of nitrogens with one attached hydrogen (secondary N) is 2. The van der Waals surface area contributed by atoms with Gasteiger partial charge in [-0.1, -0.05) is 5.16 Å².